The minimum Gasteiger partial charge on any atom is -0.327 e. The molecule has 0 amide bonds. The van der Waals surface area contributed by atoms with Gasteiger partial charge in [-0.3, -0.25) is 0 Å². The lowest BCUT2D eigenvalue weighted by atomic mass is 10.2. The van der Waals surface area contributed by atoms with Crippen LogP contribution < -0.4 is 5.32 Å². The second-order valence-electron chi connectivity index (χ2n) is 5.11. The van der Waals surface area contributed by atoms with Crippen molar-refractivity contribution < 1.29 is 0 Å². The Hall–Kier alpha value is -1.00. The van der Waals surface area contributed by atoms with Gasteiger partial charge in [-0.25, -0.2) is 4.98 Å². The number of aryl methyl sites for hydroxylation is 1. The summed E-state index contributed by atoms with van der Waals surface area (Å²) in [5, 5.41) is 3.65. The number of thioether (sulfide) groups is 1. The van der Waals surface area contributed by atoms with Crippen LogP contribution in [-0.4, -0.2) is 27.1 Å². The second kappa shape index (κ2) is 5.97. The summed E-state index contributed by atoms with van der Waals surface area (Å²) in [4.78, 5) is 4.79. The largest absolute Gasteiger partial charge is 0.327 e. The molecule has 102 valence electrons. The molecule has 0 aliphatic carbocycles. The fraction of sp³-hybridized carbons (Fsp3) is 0.533. The van der Waals surface area contributed by atoms with Gasteiger partial charge in [0.2, 0.25) is 0 Å². The van der Waals surface area contributed by atoms with Crippen molar-refractivity contribution >= 4 is 22.8 Å². The average Bonchev–Trinajstić information content (AvgIpc) is 3.05. The average molecular weight is 275 g/mol. The number of fused-ring (bicyclic) bond motifs is 1. The monoisotopic (exact) mass is 275 g/mol. The first-order valence-corrected chi connectivity index (χ1v) is 8.29. The molecule has 4 heteroatoms. The molecule has 0 spiro atoms. The van der Waals surface area contributed by atoms with E-state index in [4.69, 9.17) is 4.98 Å². The van der Waals surface area contributed by atoms with Gasteiger partial charge in [0.1, 0.15) is 5.82 Å². The zero-order valence-electron chi connectivity index (χ0n) is 11.4. The quantitative estimate of drug-likeness (QED) is 0.909. The van der Waals surface area contributed by atoms with Gasteiger partial charge in [0.25, 0.3) is 0 Å². The van der Waals surface area contributed by atoms with E-state index < -0.39 is 0 Å². The van der Waals surface area contributed by atoms with E-state index in [1.54, 1.807) is 0 Å². The van der Waals surface area contributed by atoms with E-state index in [0.29, 0.717) is 6.04 Å². The highest BCUT2D eigenvalue weighted by molar-refractivity contribution is 7.99. The van der Waals surface area contributed by atoms with Gasteiger partial charge in [-0.05, 0) is 30.7 Å². The first-order chi connectivity index (χ1) is 9.38. The molecule has 0 radical (unpaired) electrons. The molecule has 1 fully saturated rings. The number of nitrogens with zero attached hydrogens (tertiary/aromatic N) is 2. The summed E-state index contributed by atoms with van der Waals surface area (Å²) in [5.74, 6) is 3.72. The van der Waals surface area contributed by atoms with Gasteiger partial charge in [-0.15, -0.1) is 0 Å². The number of benzene rings is 1. The Labute approximate surface area is 118 Å². The standard InChI is InChI=1S/C15H21N3S/c1-2-8-18-14-6-4-3-5-13(14)17-15(18)10-16-12-7-9-19-11-12/h3-6,12,16H,2,7-11H2,1H3. The maximum absolute atomic E-state index is 4.79. The molecule has 1 aromatic heterocycles. The molecular weight excluding hydrogens is 254 g/mol. The molecule has 2 heterocycles. The predicted molar refractivity (Wildman–Crippen MR) is 82.6 cm³/mol. The lowest BCUT2D eigenvalue weighted by Gasteiger charge is -2.12. The number of hydrogen-bond donors (Lipinski definition) is 1. The van der Waals surface area contributed by atoms with E-state index in [1.807, 2.05) is 11.8 Å². The molecule has 1 unspecified atom stereocenters. The third-order valence-electron chi connectivity index (χ3n) is 3.66. The molecule has 2 aromatic rings. The van der Waals surface area contributed by atoms with E-state index in [2.05, 4.69) is 41.1 Å². The topological polar surface area (TPSA) is 29.9 Å². The van der Waals surface area contributed by atoms with Crippen LogP contribution in [0, 0.1) is 0 Å². The van der Waals surface area contributed by atoms with E-state index in [1.165, 1.54) is 29.3 Å². The van der Waals surface area contributed by atoms with Crippen LogP contribution >= 0.6 is 11.8 Å². The molecule has 1 N–H and O–H groups in total. The predicted octanol–water partition coefficient (Wildman–Crippen LogP) is 3.04. The first-order valence-electron chi connectivity index (χ1n) is 7.13. The van der Waals surface area contributed by atoms with Crippen LogP contribution in [0.2, 0.25) is 0 Å². The van der Waals surface area contributed by atoms with Crippen molar-refractivity contribution in [2.45, 2.75) is 38.9 Å². The normalized spacial score (nSPS) is 19.3. The van der Waals surface area contributed by atoms with E-state index in [-0.39, 0.29) is 0 Å². The number of imidazole rings is 1. The summed E-state index contributed by atoms with van der Waals surface area (Å²) in [6, 6.07) is 9.11. The van der Waals surface area contributed by atoms with Crippen LogP contribution in [0.3, 0.4) is 0 Å². The minimum absolute atomic E-state index is 0.667. The van der Waals surface area contributed by atoms with Gasteiger partial charge in [0.05, 0.1) is 17.6 Å². The Morgan fingerprint density at radius 1 is 1.42 bits per heavy atom. The zero-order chi connectivity index (χ0) is 13.1. The Balaban J connectivity index is 1.82. The zero-order valence-corrected chi connectivity index (χ0v) is 12.2. The van der Waals surface area contributed by atoms with Gasteiger partial charge >= 0.3 is 0 Å². The maximum Gasteiger partial charge on any atom is 0.123 e. The molecule has 1 saturated heterocycles. The van der Waals surface area contributed by atoms with Crippen molar-refractivity contribution in [3.63, 3.8) is 0 Å². The first kappa shape index (κ1) is 13.0. The second-order valence-corrected chi connectivity index (χ2v) is 6.26. The summed E-state index contributed by atoms with van der Waals surface area (Å²) in [7, 11) is 0. The smallest absolute Gasteiger partial charge is 0.123 e. The Bertz CT molecular complexity index is 543. The number of rotatable bonds is 5. The number of hydrogen-bond acceptors (Lipinski definition) is 3. The molecule has 1 aromatic carbocycles. The number of aromatic nitrogens is 2. The number of nitrogens with one attached hydrogen (secondary N) is 1. The summed E-state index contributed by atoms with van der Waals surface area (Å²) in [6.07, 6.45) is 2.44. The van der Waals surface area contributed by atoms with Gasteiger partial charge in [-0.2, -0.15) is 11.8 Å². The SMILES string of the molecule is CCCn1c(CNC2CCSC2)nc2ccccc21. The van der Waals surface area contributed by atoms with Crippen molar-refractivity contribution in [1.29, 1.82) is 0 Å². The van der Waals surface area contributed by atoms with Crippen LogP contribution in [0.25, 0.3) is 11.0 Å². The highest BCUT2D eigenvalue weighted by Gasteiger charge is 2.16. The van der Waals surface area contributed by atoms with Gasteiger partial charge in [-0.1, -0.05) is 19.1 Å². The van der Waals surface area contributed by atoms with Crippen molar-refractivity contribution in [3.05, 3.63) is 30.1 Å². The van der Waals surface area contributed by atoms with Crippen molar-refractivity contribution in [2.75, 3.05) is 11.5 Å². The highest BCUT2D eigenvalue weighted by Crippen LogP contribution is 2.19. The molecule has 19 heavy (non-hydrogen) atoms. The molecule has 1 aliphatic rings. The fourth-order valence-electron chi connectivity index (χ4n) is 2.66. The minimum atomic E-state index is 0.667. The Morgan fingerprint density at radius 3 is 3.11 bits per heavy atom. The van der Waals surface area contributed by atoms with Crippen LogP contribution in [0.4, 0.5) is 0 Å². The maximum atomic E-state index is 4.79. The van der Waals surface area contributed by atoms with Crippen molar-refractivity contribution in [1.82, 2.24) is 14.9 Å². The van der Waals surface area contributed by atoms with Crippen molar-refractivity contribution in [2.24, 2.45) is 0 Å². The third kappa shape index (κ3) is 2.79. The molecule has 3 nitrogen and oxygen atoms in total. The number of para-hydroxylation sites is 2. The van der Waals surface area contributed by atoms with Crippen LogP contribution in [0.15, 0.2) is 24.3 Å². The molecule has 0 saturated carbocycles. The van der Waals surface area contributed by atoms with E-state index in [9.17, 15) is 0 Å². The van der Waals surface area contributed by atoms with Gasteiger partial charge in [0, 0.05) is 18.3 Å². The van der Waals surface area contributed by atoms with Crippen LogP contribution in [-0.2, 0) is 13.1 Å². The Morgan fingerprint density at radius 2 is 2.32 bits per heavy atom. The van der Waals surface area contributed by atoms with Gasteiger partial charge < -0.3 is 9.88 Å². The fourth-order valence-corrected chi connectivity index (χ4v) is 3.85. The molecule has 1 aliphatic heterocycles. The third-order valence-corrected chi connectivity index (χ3v) is 4.82. The lowest BCUT2D eigenvalue weighted by molar-refractivity contribution is 0.526. The van der Waals surface area contributed by atoms with Gasteiger partial charge in [0.15, 0.2) is 0 Å². The van der Waals surface area contributed by atoms with Crippen molar-refractivity contribution in [3.8, 4) is 0 Å². The summed E-state index contributed by atoms with van der Waals surface area (Å²) < 4.78 is 2.37. The molecule has 3 rings (SSSR count). The Kier molecular flexibility index (Phi) is 4.09. The van der Waals surface area contributed by atoms with E-state index in [0.717, 1.165) is 25.0 Å². The van der Waals surface area contributed by atoms with Crippen LogP contribution in [0.1, 0.15) is 25.6 Å². The molecule has 0 bridgehead atoms. The van der Waals surface area contributed by atoms with E-state index >= 15 is 0 Å². The summed E-state index contributed by atoms with van der Waals surface area (Å²) in [5.41, 5.74) is 2.38. The van der Waals surface area contributed by atoms with Crippen LogP contribution in [0.5, 0.6) is 0 Å². The lowest BCUT2D eigenvalue weighted by Crippen LogP contribution is -2.29. The molecular formula is C15H21N3S. The molecule has 1 atom stereocenters. The summed E-state index contributed by atoms with van der Waals surface area (Å²) in [6.45, 7) is 4.16. The summed E-state index contributed by atoms with van der Waals surface area (Å²) >= 11 is 2.05. The highest BCUT2D eigenvalue weighted by atomic mass is 32.2.